The molecule has 3 rings (SSSR count). The van der Waals surface area contributed by atoms with Crippen molar-refractivity contribution in [3.63, 3.8) is 0 Å². The van der Waals surface area contributed by atoms with E-state index in [4.69, 9.17) is 21.1 Å². The summed E-state index contributed by atoms with van der Waals surface area (Å²) in [4.78, 5) is 14.6. The second-order valence-electron chi connectivity index (χ2n) is 5.19. The summed E-state index contributed by atoms with van der Waals surface area (Å²) >= 11 is 5.76. The first-order valence-electron chi connectivity index (χ1n) is 7.06. The molecule has 2 aliphatic rings. The van der Waals surface area contributed by atoms with Crippen molar-refractivity contribution in [2.24, 2.45) is 0 Å². The Labute approximate surface area is 123 Å². The quantitative estimate of drug-likeness (QED) is 0.784. The van der Waals surface area contributed by atoms with Crippen LogP contribution in [-0.2, 0) is 0 Å². The first-order valence-corrected chi connectivity index (χ1v) is 7.59. The summed E-state index contributed by atoms with van der Waals surface area (Å²) in [6, 6.07) is 5.76. The minimum absolute atomic E-state index is 0.0677. The number of halogens is 1. The minimum atomic E-state index is 0.0677. The molecule has 0 aromatic heterocycles. The molecule has 1 aromatic rings. The molecule has 4 nitrogen and oxygen atoms in total. The fourth-order valence-corrected chi connectivity index (χ4v) is 2.69. The van der Waals surface area contributed by atoms with E-state index in [0.29, 0.717) is 29.0 Å². The fraction of sp³-hybridized carbons (Fsp3) is 0.533. The van der Waals surface area contributed by atoms with Crippen LogP contribution in [0.2, 0.25) is 0 Å². The Balaban J connectivity index is 1.77. The van der Waals surface area contributed by atoms with Crippen molar-refractivity contribution in [1.29, 1.82) is 0 Å². The van der Waals surface area contributed by atoms with E-state index in [1.807, 2.05) is 11.0 Å². The number of rotatable bonds is 5. The summed E-state index contributed by atoms with van der Waals surface area (Å²) in [6.07, 6.45) is 4.22. The average molecular weight is 296 g/mol. The Kier molecular flexibility index (Phi) is 4.01. The number of hydrogen-bond acceptors (Lipinski definition) is 3. The molecule has 0 radical (unpaired) electrons. The van der Waals surface area contributed by atoms with E-state index in [2.05, 4.69) is 0 Å². The van der Waals surface area contributed by atoms with Gasteiger partial charge in [0.2, 0.25) is 6.79 Å². The molecule has 1 aliphatic heterocycles. The van der Waals surface area contributed by atoms with E-state index in [1.165, 1.54) is 6.42 Å². The van der Waals surface area contributed by atoms with Gasteiger partial charge in [-0.05, 0) is 43.9 Å². The number of hydrogen-bond donors (Lipinski definition) is 0. The highest BCUT2D eigenvalue weighted by molar-refractivity contribution is 6.17. The van der Waals surface area contributed by atoms with Crippen LogP contribution >= 0.6 is 11.6 Å². The van der Waals surface area contributed by atoms with Crippen molar-refractivity contribution in [1.82, 2.24) is 4.90 Å². The molecule has 0 spiro atoms. The summed E-state index contributed by atoms with van der Waals surface area (Å²) in [5, 5.41) is 0. The summed E-state index contributed by atoms with van der Waals surface area (Å²) < 4.78 is 10.6. The minimum Gasteiger partial charge on any atom is -0.454 e. The standard InChI is InChI=1S/C15H18ClNO3/c16-7-2-8-17(12-3-1-4-12)15(18)11-5-6-13-14(9-11)20-10-19-13/h5-6,9,12H,1-4,7-8,10H2. The molecule has 1 heterocycles. The molecule has 0 saturated heterocycles. The predicted molar refractivity (Wildman–Crippen MR) is 76.6 cm³/mol. The average Bonchev–Trinajstić information content (AvgIpc) is 2.87. The van der Waals surface area contributed by atoms with Crippen molar-refractivity contribution in [3.8, 4) is 11.5 Å². The molecule has 1 amide bonds. The van der Waals surface area contributed by atoms with Gasteiger partial charge in [0.15, 0.2) is 11.5 Å². The molecule has 1 fully saturated rings. The molecule has 0 N–H and O–H groups in total. The Morgan fingerprint density at radius 3 is 2.80 bits per heavy atom. The molecule has 1 aromatic carbocycles. The first kappa shape index (κ1) is 13.6. The van der Waals surface area contributed by atoms with Crippen LogP contribution in [0.1, 0.15) is 36.0 Å². The van der Waals surface area contributed by atoms with Crippen molar-refractivity contribution in [2.45, 2.75) is 31.7 Å². The van der Waals surface area contributed by atoms with Gasteiger partial charge in [-0.25, -0.2) is 0 Å². The monoisotopic (exact) mass is 295 g/mol. The molecule has 0 atom stereocenters. The lowest BCUT2D eigenvalue weighted by Crippen LogP contribution is -2.44. The van der Waals surface area contributed by atoms with Crippen molar-refractivity contribution >= 4 is 17.5 Å². The number of carbonyl (C=O) groups is 1. The molecule has 1 saturated carbocycles. The van der Waals surface area contributed by atoms with E-state index in [-0.39, 0.29) is 12.7 Å². The maximum absolute atomic E-state index is 12.7. The van der Waals surface area contributed by atoms with Gasteiger partial charge < -0.3 is 14.4 Å². The van der Waals surface area contributed by atoms with Crippen LogP contribution in [0.5, 0.6) is 11.5 Å². The zero-order valence-corrected chi connectivity index (χ0v) is 12.1. The van der Waals surface area contributed by atoms with Crippen LogP contribution in [-0.4, -0.2) is 36.1 Å². The number of nitrogens with zero attached hydrogens (tertiary/aromatic N) is 1. The Morgan fingerprint density at radius 2 is 2.10 bits per heavy atom. The lowest BCUT2D eigenvalue weighted by atomic mass is 9.90. The van der Waals surface area contributed by atoms with Crippen LogP contribution in [0.15, 0.2) is 18.2 Å². The number of benzene rings is 1. The van der Waals surface area contributed by atoms with Crippen LogP contribution in [0.25, 0.3) is 0 Å². The van der Waals surface area contributed by atoms with Crippen LogP contribution in [0, 0.1) is 0 Å². The van der Waals surface area contributed by atoms with Crippen LogP contribution in [0.4, 0.5) is 0 Å². The van der Waals surface area contributed by atoms with Crippen molar-refractivity contribution in [3.05, 3.63) is 23.8 Å². The molecule has 0 bridgehead atoms. The number of fused-ring (bicyclic) bond motifs is 1. The fourth-order valence-electron chi connectivity index (χ4n) is 2.57. The van der Waals surface area contributed by atoms with Gasteiger partial charge in [0, 0.05) is 24.0 Å². The third-order valence-electron chi connectivity index (χ3n) is 3.93. The second kappa shape index (κ2) is 5.92. The smallest absolute Gasteiger partial charge is 0.254 e. The molecule has 1 aliphatic carbocycles. The molecule has 0 unspecified atom stereocenters. The first-order chi connectivity index (χ1) is 9.79. The van der Waals surface area contributed by atoms with Gasteiger partial charge in [0.1, 0.15) is 0 Å². The highest BCUT2D eigenvalue weighted by Gasteiger charge is 2.29. The third-order valence-corrected chi connectivity index (χ3v) is 4.20. The maximum atomic E-state index is 12.7. The van der Waals surface area contributed by atoms with Crippen LogP contribution in [0.3, 0.4) is 0 Å². The number of amides is 1. The van der Waals surface area contributed by atoms with Gasteiger partial charge in [-0.1, -0.05) is 0 Å². The maximum Gasteiger partial charge on any atom is 0.254 e. The Hall–Kier alpha value is -1.42. The highest BCUT2D eigenvalue weighted by atomic mass is 35.5. The zero-order valence-electron chi connectivity index (χ0n) is 11.3. The normalized spacial score (nSPS) is 16.9. The predicted octanol–water partition coefficient (Wildman–Crippen LogP) is 3.04. The largest absolute Gasteiger partial charge is 0.454 e. The summed E-state index contributed by atoms with van der Waals surface area (Å²) in [5.41, 5.74) is 0.663. The summed E-state index contributed by atoms with van der Waals surface area (Å²) in [7, 11) is 0. The molecule has 5 heteroatoms. The van der Waals surface area contributed by atoms with Gasteiger partial charge in [0.25, 0.3) is 5.91 Å². The van der Waals surface area contributed by atoms with Gasteiger partial charge in [-0.3, -0.25) is 4.79 Å². The SMILES string of the molecule is O=C(c1ccc2c(c1)OCO2)N(CCCCl)C1CCC1. The topological polar surface area (TPSA) is 38.8 Å². The van der Waals surface area contributed by atoms with Gasteiger partial charge in [0.05, 0.1) is 0 Å². The van der Waals surface area contributed by atoms with Gasteiger partial charge in [-0.2, -0.15) is 0 Å². The molecule has 108 valence electrons. The van der Waals surface area contributed by atoms with E-state index < -0.39 is 0 Å². The lowest BCUT2D eigenvalue weighted by molar-refractivity contribution is 0.0580. The second-order valence-corrected chi connectivity index (χ2v) is 5.57. The lowest BCUT2D eigenvalue weighted by Gasteiger charge is -2.37. The summed E-state index contributed by atoms with van der Waals surface area (Å²) in [6.45, 7) is 0.951. The molecular weight excluding hydrogens is 278 g/mol. The van der Waals surface area contributed by atoms with Gasteiger partial charge >= 0.3 is 0 Å². The number of alkyl halides is 1. The Bertz CT molecular complexity index is 502. The van der Waals surface area contributed by atoms with Crippen molar-refractivity contribution in [2.75, 3.05) is 19.2 Å². The van der Waals surface area contributed by atoms with E-state index in [1.54, 1.807) is 12.1 Å². The van der Waals surface area contributed by atoms with Gasteiger partial charge in [-0.15, -0.1) is 11.6 Å². The number of carbonyl (C=O) groups excluding carboxylic acids is 1. The van der Waals surface area contributed by atoms with E-state index in [0.717, 1.165) is 25.8 Å². The highest BCUT2D eigenvalue weighted by Crippen LogP contribution is 2.34. The molecule has 20 heavy (non-hydrogen) atoms. The number of ether oxygens (including phenoxy) is 2. The Morgan fingerprint density at radius 1 is 1.30 bits per heavy atom. The van der Waals surface area contributed by atoms with E-state index in [9.17, 15) is 4.79 Å². The molecular formula is C15H18ClNO3. The van der Waals surface area contributed by atoms with Crippen LogP contribution < -0.4 is 9.47 Å². The zero-order chi connectivity index (χ0) is 13.9. The van der Waals surface area contributed by atoms with Crippen molar-refractivity contribution < 1.29 is 14.3 Å². The summed E-state index contributed by atoms with van der Waals surface area (Å²) in [5.74, 6) is 2.01. The van der Waals surface area contributed by atoms with E-state index >= 15 is 0 Å². The third kappa shape index (κ3) is 2.57.